The second-order valence-electron chi connectivity index (χ2n) is 6.10. The Labute approximate surface area is 147 Å². The van der Waals surface area contributed by atoms with Crippen molar-refractivity contribution in [3.63, 3.8) is 0 Å². The van der Waals surface area contributed by atoms with Crippen molar-refractivity contribution in [1.82, 2.24) is 4.90 Å². The first-order valence-electron chi connectivity index (χ1n) is 8.43. The fourth-order valence-corrected chi connectivity index (χ4v) is 2.93. The monoisotopic (exact) mass is 335 g/mol. The van der Waals surface area contributed by atoms with Crippen molar-refractivity contribution in [2.75, 3.05) is 6.54 Å². The molecule has 0 saturated heterocycles. The Bertz CT molecular complexity index is 783. The van der Waals surface area contributed by atoms with E-state index in [1.807, 2.05) is 48.5 Å². The van der Waals surface area contributed by atoms with Gasteiger partial charge in [0.25, 0.3) is 5.91 Å². The molecule has 0 aromatic heterocycles. The van der Waals surface area contributed by atoms with Gasteiger partial charge in [-0.25, -0.2) is 4.79 Å². The zero-order valence-electron chi connectivity index (χ0n) is 14.2. The molecular weight excluding hydrogens is 314 g/mol. The number of rotatable bonds is 4. The number of esters is 1. The highest BCUT2D eigenvalue weighted by Crippen LogP contribution is 2.19. The molecule has 0 fully saturated rings. The molecule has 1 atom stereocenters. The summed E-state index contributed by atoms with van der Waals surface area (Å²) in [5.41, 5.74) is 3.35. The van der Waals surface area contributed by atoms with Crippen LogP contribution in [-0.4, -0.2) is 29.4 Å². The van der Waals surface area contributed by atoms with E-state index in [9.17, 15) is 9.59 Å². The van der Waals surface area contributed by atoms with Crippen molar-refractivity contribution < 1.29 is 14.3 Å². The summed E-state index contributed by atoms with van der Waals surface area (Å²) in [6.45, 7) is 2.84. The summed E-state index contributed by atoms with van der Waals surface area (Å²) in [5.74, 6) is -0.668. The molecule has 0 saturated carbocycles. The van der Waals surface area contributed by atoms with E-state index in [1.165, 1.54) is 11.6 Å². The van der Waals surface area contributed by atoms with Crippen molar-refractivity contribution in [3.05, 3.63) is 77.4 Å². The minimum Gasteiger partial charge on any atom is -0.449 e. The van der Waals surface area contributed by atoms with Crippen LogP contribution in [0.1, 0.15) is 23.6 Å². The Balaban J connectivity index is 1.56. The number of ether oxygens (including phenoxy) is 1. The molecule has 1 heterocycles. The molecule has 0 radical (unpaired) electrons. The Kier molecular flexibility index (Phi) is 5.29. The van der Waals surface area contributed by atoms with Gasteiger partial charge in [0.2, 0.25) is 0 Å². The van der Waals surface area contributed by atoms with Crippen molar-refractivity contribution in [3.8, 4) is 0 Å². The van der Waals surface area contributed by atoms with Gasteiger partial charge < -0.3 is 9.64 Å². The van der Waals surface area contributed by atoms with Crippen molar-refractivity contribution >= 4 is 18.0 Å². The van der Waals surface area contributed by atoms with E-state index in [0.717, 1.165) is 17.5 Å². The third kappa shape index (κ3) is 4.35. The normalized spacial score (nSPS) is 14.8. The molecule has 4 nitrogen and oxygen atoms in total. The fraction of sp³-hybridized carbons (Fsp3) is 0.238. The highest BCUT2D eigenvalue weighted by molar-refractivity contribution is 5.90. The summed E-state index contributed by atoms with van der Waals surface area (Å²) >= 11 is 0. The van der Waals surface area contributed by atoms with Gasteiger partial charge in [-0.1, -0.05) is 54.6 Å². The molecular formula is C21H21NO3. The molecule has 3 rings (SSSR count). The summed E-state index contributed by atoms with van der Waals surface area (Å²) in [6.07, 6.45) is 3.07. The van der Waals surface area contributed by atoms with Crippen LogP contribution in [-0.2, 0) is 27.3 Å². The highest BCUT2D eigenvalue weighted by Gasteiger charge is 2.26. The van der Waals surface area contributed by atoms with E-state index in [4.69, 9.17) is 4.74 Å². The Morgan fingerprint density at radius 2 is 1.72 bits per heavy atom. The lowest BCUT2D eigenvalue weighted by molar-refractivity contribution is -0.155. The van der Waals surface area contributed by atoms with Crippen LogP contribution in [0.2, 0.25) is 0 Å². The number of hydrogen-bond donors (Lipinski definition) is 0. The first-order chi connectivity index (χ1) is 12.1. The number of carbonyl (C=O) groups excluding carboxylic acids is 2. The van der Waals surface area contributed by atoms with Crippen molar-refractivity contribution in [2.24, 2.45) is 0 Å². The highest BCUT2D eigenvalue weighted by atomic mass is 16.5. The first kappa shape index (κ1) is 17.0. The Morgan fingerprint density at radius 3 is 2.48 bits per heavy atom. The minimum absolute atomic E-state index is 0.157. The molecule has 2 aromatic carbocycles. The van der Waals surface area contributed by atoms with Gasteiger partial charge in [0, 0.05) is 19.2 Å². The van der Waals surface area contributed by atoms with E-state index in [1.54, 1.807) is 17.9 Å². The fourth-order valence-electron chi connectivity index (χ4n) is 2.93. The number of amides is 1. The van der Waals surface area contributed by atoms with Crippen LogP contribution in [0.4, 0.5) is 0 Å². The van der Waals surface area contributed by atoms with Crippen LogP contribution in [0.25, 0.3) is 6.08 Å². The molecule has 4 heteroatoms. The molecule has 0 spiro atoms. The molecule has 0 unspecified atom stereocenters. The number of benzene rings is 2. The lowest BCUT2D eigenvalue weighted by Crippen LogP contribution is -2.42. The van der Waals surface area contributed by atoms with Crippen LogP contribution in [0.5, 0.6) is 0 Å². The van der Waals surface area contributed by atoms with E-state index in [-0.39, 0.29) is 5.91 Å². The maximum absolute atomic E-state index is 12.5. The average molecular weight is 335 g/mol. The van der Waals surface area contributed by atoms with Gasteiger partial charge in [0.05, 0.1) is 0 Å². The molecule has 1 aliphatic heterocycles. The zero-order valence-corrected chi connectivity index (χ0v) is 14.2. The van der Waals surface area contributed by atoms with E-state index >= 15 is 0 Å². The first-order valence-corrected chi connectivity index (χ1v) is 8.43. The summed E-state index contributed by atoms with van der Waals surface area (Å²) in [7, 11) is 0. The summed E-state index contributed by atoms with van der Waals surface area (Å²) < 4.78 is 5.26. The summed E-state index contributed by atoms with van der Waals surface area (Å²) in [6, 6.07) is 17.6. The van der Waals surface area contributed by atoms with Crippen molar-refractivity contribution in [2.45, 2.75) is 26.0 Å². The third-order valence-electron chi connectivity index (χ3n) is 4.29. The molecule has 1 amide bonds. The van der Waals surface area contributed by atoms with E-state index < -0.39 is 12.1 Å². The molecule has 0 bridgehead atoms. The predicted octanol–water partition coefficient (Wildman–Crippen LogP) is 3.22. The average Bonchev–Trinajstić information content (AvgIpc) is 2.66. The lowest BCUT2D eigenvalue weighted by Gasteiger charge is -2.30. The zero-order chi connectivity index (χ0) is 17.6. The van der Waals surface area contributed by atoms with Gasteiger partial charge in [0.15, 0.2) is 6.10 Å². The van der Waals surface area contributed by atoms with Crippen molar-refractivity contribution in [1.29, 1.82) is 0 Å². The molecule has 0 aliphatic carbocycles. The number of hydrogen-bond acceptors (Lipinski definition) is 3. The molecule has 2 aromatic rings. The smallest absolute Gasteiger partial charge is 0.331 e. The van der Waals surface area contributed by atoms with Gasteiger partial charge in [-0.05, 0) is 36.1 Å². The molecule has 0 N–H and O–H groups in total. The standard InChI is InChI=1S/C21H21NO3/c1-16(25-20(23)12-11-17-7-3-2-4-8-17)21(24)22-14-13-18-9-5-6-10-19(18)15-22/h2-12,16H,13-15H2,1H3/b12-11+/t16-/m1/s1. The predicted molar refractivity (Wildman–Crippen MR) is 96.6 cm³/mol. The van der Waals surface area contributed by atoms with Gasteiger partial charge in [-0.2, -0.15) is 0 Å². The second-order valence-corrected chi connectivity index (χ2v) is 6.10. The van der Waals surface area contributed by atoms with Gasteiger partial charge >= 0.3 is 5.97 Å². The SMILES string of the molecule is C[C@@H](OC(=O)/C=C/c1ccccc1)C(=O)N1CCc2ccccc2C1. The van der Waals surface area contributed by atoms with E-state index in [0.29, 0.717) is 13.1 Å². The molecule has 1 aliphatic rings. The summed E-state index contributed by atoms with van der Waals surface area (Å²) in [5, 5.41) is 0. The number of fused-ring (bicyclic) bond motifs is 1. The van der Waals surface area contributed by atoms with Gasteiger partial charge in [-0.15, -0.1) is 0 Å². The maximum atomic E-state index is 12.5. The van der Waals surface area contributed by atoms with Crippen LogP contribution in [0, 0.1) is 0 Å². The summed E-state index contributed by atoms with van der Waals surface area (Å²) in [4.78, 5) is 26.2. The molecule has 128 valence electrons. The van der Waals surface area contributed by atoms with Crippen LogP contribution in [0.15, 0.2) is 60.7 Å². The number of nitrogens with zero attached hydrogens (tertiary/aromatic N) is 1. The van der Waals surface area contributed by atoms with Crippen LogP contribution in [0.3, 0.4) is 0 Å². The minimum atomic E-state index is -0.793. The van der Waals surface area contributed by atoms with Gasteiger partial charge in [0.1, 0.15) is 0 Å². The van der Waals surface area contributed by atoms with E-state index in [2.05, 4.69) is 6.07 Å². The third-order valence-corrected chi connectivity index (χ3v) is 4.29. The Morgan fingerprint density at radius 1 is 1.04 bits per heavy atom. The maximum Gasteiger partial charge on any atom is 0.331 e. The topological polar surface area (TPSA) is 46.6 Å². The number of carbonyl (C=O) groups is 2. The molecule has 25 heavy (non-hydrogen) atoms. The second kappa shape index (κ2) is 7.79. The Hall–Kier alpha value is -2.88. The lowest BCUT2D eigenvalue weighted by atomic mass is 9.99. The van der Waals surface area contributed by atoms with Crippen LogP contribution < -0.4 is 0 Å². The largest absolute Gasteiger partial charge is 0.449 e. The quantitative estimate of drug-likeness (QED) is 0.637. The van der Waals surface area contributed by atoms with Gasteiger partial charge in [-0.3, -0.25) is 4.79 Å². The van der Waals surface area contributed by atoms with Crippen LogP contribution >= 0.6 is 0 Å².